The number of hydrogen-bond donors (Lipinski definition) is 1. The quantitative estimate of drug-likeness (QED) is 0.580. The van der Waals surface area contributed by atoms with Gasteiger partial charge in [-0.25, -0.2) is 0 Å². The first-order valence-corrected chi connectivity index (χ1v) is 4.64. The van der Waals surface area contributed by atoms with E-state index in [0.717, 1.165) is 0 Å². The number of nitrogens with zero attached hydrogens (tertiary/aromatic N) is 1. The smallest absolute Gasteiger partial charge is 0.156 e. The number of allylic oxidation sites excluding steroid dienone is 2. The number of aliphatic hydroxyl groups excluding tert-OH is 1. The summed E-state index contributed by atoms with van der Waals surface area (Å²) in [6, 6.07) is 0.389. The zero-order valence-corrected chi connectivity index (χ0v) is 7.16. The van der Waals surface area contributed by atoms with Crippen LogP contribution in [-0.2, 0) is 0 Å². The number of likely N-dealkylation sites (N-methyl/N-ethyl adjacent to an activating group) is 1. The van der Waals surface area contributed by atoms with E-state index in [2.05, 4.69) is 12.2 Å². The van der Waals surface area contributed by atoms with Crippen LogP contribution in [0.1, 0.15) is 0 Å². The highest BCUT2D eigenvalue weighted by atomic mass is 32.2. The third-order valence-corrected chi connectivity index (χ3v) is 3.48. The topological polar surface area (TPSA) is 23.5 Å². The minimum Gasteiger partial charge on any atom is -0.369 e. The van der Waals surface area contributed by atoms with Gasteiger partial charge < -0.3 is 5.11 Å². The maximum atomic E-state index is 9.45. The number of rotatable bonds is 0. The number of aliphatic hydroxyl groups is 1. The molecule has 0 radical (unpaired) electrons. The molecule has 2 nitrogen and oxygen atoms in total. The van der Waals surface area contributed by atoms with Crippen LogP contribution in [0.4, 0.5) is 0 Å². The Bertz CT molecular complexity index is 214. The van der Waals surface area contributed by atoms with Gasteiger partial charge in [0, 0.05) is 11.3 Å². The molecule has 1 saturated heterocycles. The Morgan fingerprint density at radius 2 is 2.09 bits per heavy atom. The molecule has 0 aromatic heterocycles. The van der Waals surface area contributed by atoms with Crippen LogP contribution in [0.25, 0.3) is 0 Å². The second-order valence-electron chi connectivity index (χ2n) is 2.85. The van der Waals surface area contributed by atoms with Crippen molar-refractivity contribution in [2.24, 2.45) is 0 Å². The summed E-state index contributed by atoms with van der Waals surface area (Å²) in [5, 5.41) is 9.89. The molecule has 1 heterocycles. The van der Waals surface area contributed by atoms with Crippen LogP contribution in [0, 0.1) is 0 Å². The predicted molar refractivity (Wildman–Crippen MR) is 47.2 cm³/mol. The molecule has 1 aliphatic carbocycles. The fraction of sp³-hybridized carbons (Fsp3) is 0.500. The molecule has 1 aliphatic heterocycles. The van der Waals surface area contributed by atoms with Crippen molar-refractivity contribution < 1.29 is 5.11 Å². The summed E-state index contributed by atoms with van der Waals surface area (Å²) in [5.41, 5.74) is -0.336. The minimum atomic E-state index is -0.336. The van der Waals surface area contributed by atoms with Crippen molar-refractivity contribution in [2.75, 3.05) is 7.05 Å². The lowest BCUT2D eigenvalue weighted by Gasteiger charge is -2.20. The van der Waals surface area contributed by atoms with Gasteiger partial charge in [0.1, 0.15) is 0 Å². The van der Waals surface area contributed by atoms with E-state index in [9.17, 15) is 5.11 Å². The van der Waals surface area contributed by atoms with Gasteiger partial charge >= 0.3 is 0 Å². The molecule has 0 amide bonds. The molecule has 0 saturated carbocycles. The van der Waals surface area contributed by atoms with Crippen molar-refractivity contribution in [1.82, 2.24) is 4.90 Å². The maximum absolute atomic E-state index is 9.45. The minimum absolute atomic E-state index is 0.336. The highest BCUT2D eigenvalue weighted by Gasteiger charge is 2.36. The number of fused-ring (bicyclic) bond motifs is 1. The third-order valence-electron chi connectivity index (χ3n) is 2.15. The summed E-state index contributed by atoms with van der Waals surface area (Å²) < 4.78 is 0. The lowest BCUT2D eigenvalue weighted by atomic mass is 10.1. The molecule has 1 N–H and O–H groups in total. The molecule has 3 atom stereocenters. The van der Waals surface area contributed by atoms with Gasteiger partial charge in [0.2, 0.25) is 0 Å². The van der Waals surface area contributed by atoms with Crippen molar-refractivity contribution in [2.45, 2.75) is 16.9 Å². The standard InChI is InChI=1S/C8H11NOS/c1-9-6-4-2-3-5-7(6)11-8(9)10/h2-8,10H,1H3. The van der Waals surface area contributed by atoms with Crippen molar-refractivity contribution >= 4 is 11.8 Å². The Kier molecular flexibility index (Phi) is 1.79. The summed E-state index contributed by atoms with van der Waals surface area (Å²) in [4.78, 5) is 1.98. The SMILES string of the molecule is CN1C(O)SC2C=CC=CC21. The van der Waals surface area contributed by atoms with Crippen LogP contribution < -0.4 is 0 Å². The van der Waals surface area contributed by atoms with Gasteiger partial charge in [-0.2, -0.15) is 0 Å². The molecule has 0 aromatic rings. The number of thioether (sulfide) groups is 1. The van der Waals surface area contributed by atoms with Crippen LogP contribution in [0.15, 0.2) is 24.3 Å². The van der Waals surface area contributed by atoms with Crippen LogP contribution in [-0.4, -0.2) is 33.9 Å². The number of hydrogen-bond acceptors (Lipinski definition) is 3. The van der Waals surface area contributed by atoms with Crippen LogP contribution in [0.5, 0.6) is 0 Å². The predicted octanol–water partition coefficient (Wildman–Crippen LogP) is 0.804. The van der Waals surface area contributed by atoms with E-state index < -0.39 is 0 Å². The first kappa shape index (κ1) is 7.40. The zero-order chi connectivity index (χ0) is 7.84. The Morgan fingerprint density at radius 3 is 2.82 bits per heavy atom. The summed E-state index contributed by atoms with van der Waals surface area (Å²) in [5.74, 6) is 0. The van der Waals surface area contributed by atoms with Gasteiger partial charge in [-0.05, 0) is 7.05 Å². The zero-order valence-electron chi connectivity index (χ0n) is 6.34. The largest absolute Gasteiger partial charge is 0.369 e. The first-order valence-electron chi connectivity index (χ1n) is 3.69. The van der Waals surface area contributed by atoms with E-state index in [-0.39, 0.29) is 5.56 Å². The van der Waals surface area contributed by atoms with E-state index in [1.807, 2.05) is 24.1 Å². The van der Waals surface area contributed by atoms with E-state index in [4.69, 9.17) is 0 Å². The second-order valence-corrected chi connectivity index (χ2v) is 4.09. The molecular formula is C8H11NOS. The third kappa shape index (κ3) is 1.13. The van der Waals surface area contributed by atoms with Gasteiger partial charge in [0.15, 0.2) is 5.56 Å². The molecule has 2 rings (SSSR count). The van der Waals surface area contributed by atoms with Crippen molar-refractivity contribution in [3.8, 4) is 0 Å². The van der Waals surface area contributed by atoms with Gasteiger partial charge in [-0.15, -0.1) is 11.8 Å². The fourth-order valence-corrected chi connectivity index (χ4v) is 2.69. The van der Waals surface area contributed by atoms with Gasteiger partial charge in [-0.1, -0.05) is 24.3 Å². The monoisotopic (exact) mass is 169 g/mol. The fourth-order valence-electron chi connectivity index (χ4n) is 1.45. The molecule has 0 aromatic carbocycles. The van der Waals surface area contributed by atoms with Crippen molar-refractivity contribution in [3.63, 3.8) is 0 Å². The van der Waals surface area contributed by atoms with Crippen LogP contribution in [0.3, 0.4) is 0 Å². The Morgan fingerprint density at radius 1 is 1.36 bits per heavy atom. The summed E-state index contributed by atoms with van der Waals surface area (Å²) in [6.45, 7) is 0. The normalized spacial score (nSPS) is 42.9. The molecule has 2 aliphatic rings. The van der Waals surface area contributed by atoms with E-state index in [1.54, 1.807) is 11.8 Å². The van der Waals surface area contributed by atoms with E-state index >= 15 is 0 Å². The molecular weight excluding hydrogens is 158 g/mol. The second kappa shape index (κ2) is 2.66. The Hall–Kier alpha value is -0.250. The lowest BCUT2D eigenvalue weighted by Crippen LogP contribution is -2.33. The summed E-state index contributed by atoms with van der Waals surface area (Å²) in [6.07, 6.45) is 8.35. The molecule has 0 bridgehead atoms. The average Bonchev–Trinajstić information content (AvgIpc) is 2.30. The first-order chi connectivity index (χ1) is 5.29. The summed E-state index contributed by atoms with van der Waals surface area (Å²) >= 11 is 1.60. The van der Waals surface area contributed by atoms with Crippen LogP contribution in [0.2, 0.25) is 0 Å². The summed E-state index contributed by atoms with van der Waals surface area (Å²) in [7, 11) is 1.95. The van der Waals surface area contributed by atoms with Crippen molar-refractivity contribution in [3.05, 3.63) is 24.3 Å². The van der Waals surface area contributed by atoms with Crippen molar-refractivity contribution in [1.29, 1.82) is 0 Å². The van der Waals surface area contributed by atoms with Gasteiger partial charge in [0.05, 0.1) is 0 Å². The van der Waals surface area contributed by atoms with Gasteiger partial charge in [-0.3, -0.25) is 4.90 Å². The molecule has 3 heteroatoms. The molecule has 60 valence electrons. The Labute approximate surface area is 70.6 Å². The Balaban J connectivity index is 2.20. The van der Waals surface area contributed by atoms with E-state index in [0.29, 0.717) is 11.3 Å². The molecule has 1 fully saturated rings. The highest BCUT2D eigenvalue weighted by molar-refractivity contribution is 8.00. The molecule has 11 heavy (non-hydrogen) atoms. The lowest BCUT2D eigenvalue weighted by molar-refractivity contribution is 0.0952. The average molecular weight is 169 g/mol. The molecule has 3 unspecified atom stereocenters. The van der Waals surface area contributed by atoms with E-state index in [1.165, 1.54) is 0 Å². The van der Waals surface area contributed by atoms with Crippen LogP contribution >= 0.6 is 11.8 Å². The molecule has 0 spiro atoms. The van der Waals surface area contributed by atoms with Gasteiger partial charge in [0.25, 0.3) is 0 Å². The maximum Gasteiger partial charge on any atom is 0.156 e. The highest BCUT2D eigenvalue weighted by Crippen LogP contribution is 2.35.